The summed E-state index contributed by atoms with van der Waals surface area (Å²) in [7, 11) is 0. The first kappa shape index (κ1) is 21.4. The third-order valence-corrected chi connectivity index (χ3v) is 5.61. The molecule has 0 atom stereocenters. The van der Waals surface area contributed by atoms with Gasteiger partial charge < -0.3 is 10.8 Å². The Morgan fingerprint density at radius 1 is 1.17 bits per heavy atom. The highest BCUT2D eigenvalue weighted by atomic mass is 32.1. The van der Waals surface area contributed by atoms with Crippen molar-refractivity contribution in [3.05, 3.63) is 104 Å². The summed E-state index contributed by atoms with van der Waals surface area (Å²) in [5.74, 6) is -1.37. The van der Waals surface area contributed by atoms with Gasteiger partial charge in [-0.3, -0.25) is 14.2 Å². The number of carboxylic acids is 1. The second-order valence-corrected chi connectivity index (χ2v) is 7.63. The molecule has 0 unspecified atom stereocenters. The van der Waals surface area contributed by atoms with Crippen LogP contribution in [-0.4, -0.2) is 20.5 Å². The fourth-order valence-corrected chi connectivity index (χ4v) is 3.79. The predicted molar refractivity (Wildman–Crippen MR) is 115 cm³/mol. The van der Waals surface area contributed by atoms with Crippen molar-refractivity contribution in [1.29, 1.82) is 0 Å². The van der Waals surface area contributed by atoms with Crippen molar-refractivity contribution in [2.75, 3.05) is 0 Å². The molecule has 0 aliphatic rings. The van der Waals surface area contributed by atoms with Crippen LogP contribution in [0, 0.1) is 12.7 Å². The van der Waals surface area contributed by atoms with Crippen LogP contribution >= 0.6 is 11.3 Å². The fourth-order valence-electron chi connectivity index (χ4n) is 2.88. The summed E-state index contributed by atoms with van der Waals surface area (Å²) in [4.78, 5) is 28.1. The van der Waals surface area contributed by atoms with Gasteiger partial charge in [0.1, 0.15) is 15.5 Å². The van der Waals surface area contributed by atoms with Crippen LogP contribution in [-0.2, 0) is 13.0 Å². The first-order chi connectivity index (χ1) is 14.4. The highest BCUT2D eigenvalue weighted by Crippen LogP contribution is 2.21. The van der Waals surface area contributed by atoms with Crippen LogP contribution in [0.5, 0.6) is 0 Å². The van der Waals surface area contributed by atoms with Crippen LogP contribution in [0.15, 0.2) is 65.8 Å². The molecule has 8 heteroatoms. The van der Waals surface area contributed by atoms with E-state index < -0.39 is 5.97 Å². The van der Waals surface area contributed by atoms with Gasteiger partial charge in [0, 0.05) is 37.1 Å². The summed E-state index contributed by atoms with van der Waals surface area (Å²) < 4.78 is 14.3. The molecule has 6 nitrogen and oxygen atoms in total. The first-order valence-corrected chi connectivity index (χ1v) is 9.92. The van der Waals surface area contributed by atoms with E-state index >= 15 is 0 Å². The van der Waals surface area contributed by atoms with E-state index in [1.54, 1.807) is 30.6 Å². The highest BCUT2D eigenvalue weighted by molar-refractivity contribution is 7.19. The maximum Gasteiger partial charge on any atom is 0.347 e. The van der Waals surface area contributed by atoms with E-state index in [0.717, 1.165) is 28.0 Å². The van der Waals surface area contributed by atoms with Crippen molar-refractivity contribution in [1.82, 2.24) is 9.38 Å². The zero-order valence-electron chi connectivity index (χ0n) is 16.2. The summed E-state index contributed by atoms with van der Waals surface area (Å²) in [6, 6.07) is 11.5. The Labute approximate surface area is 176 Å². The number of halogens is 1. The van der Waals surface area contributed by atoms with Crippen LogP contribution in [0.4, 0.5) is 4.39 Å². The predicted octanol–water partition coefficient (Wildman–Crippen LogP) is 3.64. The second-order valence-electron chi connectivity index (χ2n) is 6.60. The van der Waals surface area contributed by atoms with Gasteiger partial charge in [-0.15, -0.1) is 11.3 Å². The van der Waals surface area contributed by atoms with E-state index in [4.69, 9.17) is 10.8 Å². The molecule has 0 saturated carbocycles. The van der Waals surface area contributed by atoms with E-state index in [1.165, 1.54) is 22.7 Å². The minimum absolute atomic E-state index is 0.124. The van der Waals surface area contributed by atoms with Gasteiger partial charge >= 0.3 is 5.97 Å². The molecular formula is C22H20FN3O3S. The summed E-state index contributed by atoms with van der Waals surface area (Å²) >= 11 is 1.08. The smallest absolute Gasteiger partial charge is 0.347 e. The monoisotopic (exact) mass is 425 g/mol. The molecular weight excluding hydrogens is 405 g/mol. The van der Waals surface area contributed by atoms with E-state index in [1.807, 2.05) is 19.1 Å². The average Bonchev–Trinajstić information content (AvgIpc) is 3.21. The topological polar surface area (TPSA) is 97.7 Å². The molecule has 4 rings (SSSR count). The van der Waals surface area contributed by atoms with Crippen molar-refractivity contribution < 1.29 is 14.3 Å². The summed E-state index contributed by atoms with van der Waals surface area (Å²) in [5.41, 5.74) is 8.42. The molecule has 3 heterocycles. The number of carboxylic acid groups (broad SMARTS) is 1. The number of nitrogens with zero attached hydrogens (tertiary/aromatic N) is 2. The van der Waals surface area contributed by atoms with Crippen LogP contribution < -0.4 is 11.3 Å². The van der Waals surface area contributed by atoms with Gasteiger partial charge in [-0.05, 0) is 53.9 Å². The molecule has 0 amide bonds. The lowest BCUT2D eigenvalue weighted by Crippen LogP contribution is -2.17. The number of pyridine rings is 2. The SMILES string of the molecule is Cc1cc(Cc2ccc(F)cc2)c(=O)n2cc(C(=O)O)sc12.NCc1ccncc1. The average molecular weight is 425 g/mol. The summed E-state index contributed by atoms with van der Waals surface area (Å²) in [6.45, 7) is 2.44. The number of rotatable bonds is 4. The molecule has 0 aliphatic carbocycles. The molecule has 3 aromatic heterocycles. The van der Waals surface area contributed by atoms with Crippen molar-refractivity contribution in [3.63, 3.8) is 0 Å². The summed E-state index contributed by atoms with van der Waals surface area (Å²) in [5, 5.41) is 9.06. The zero-order valence-corrected chi connectivity index (χ0v) is 17.0. The maximum atomic E-state index is 12.9. The molecule has 0 bridgehead atoms. The van der Waals surface area contributed by atoms with Crippen LogP contribution in [0.1, 0.15) is 31.9 Å². The molecule has 3 N–H and O–H groups in total. The quantitative estimate of drug-likeness (QED) is 0.520. The van der Waals surface area contributed by atoms with E-state index in [2.05, 4.69) is 4.98 Å². The lowest BCUT2D eigenvalue weighted by atomic mass is 10.1. The molecule has 154 valence electrons. The third-order valence-electron chi connectivity index (χ3n) is 4.40. The number of hydrogen-bond acceptors (Lipinski definition) is 5. The largest absolute Gasteiger partial charge is 0.477 e. The number of thiazole rings is 1. The highest BCUT2D eigenvalue weighted by Gasteiger charge is 2.14. The Balaban J connectivity index is 0.000000269. The van der Waals surface area contributed by atoms with Crippen LogP contribution in [0.3, 0.4) is 0 Å². The maximum absolute atomic E-state index is 12.9. The first-order valence-electron chi connectivity index (χ1n) is 9.10. The number of fused-ring (bicyclic) bond motifs is 1. The number of carbonyl (C=O) groups is 1. The number of aryl methyl sites for hydroxylation is 1. The number of aromatic nitrogens is 2. The van der Waals surface area contributed by atoms with E-state index in [9.17, 15) is 14.0 Å². The molecule has 0 fully saturated rings. The number of nitrogens with two attached hydrogens (primary N) is 1. The number of benzene rings is 1. The lowest BCUT2D eigenvalue weighted by Gasteiger charge is -2.05. The van der Waals surface area contributed by atoms with E-state index in [-0.39, 0.29) is 16.3 Å². The Hall–Kier alpha value is -3.36. The minimum Gasteiger partial charge on any atom is -0.477 e. The Morgan fingerprint density at radius 3 is 2.40 bits per heavy atom. The van der Waals surface area contributed by atoms with Crippen molar-refractivity contribution in [2.45, 2.75) is 19.9 Å². The van der Waals surface area contributed by atoms with Crippen molar-refractivity contribution >= 4 is 22.1 Å². The standard InChI is InChI=1S/C16H12FNO3S.C6H8N2/c1-9-6-11(7-10-2-4-12(17)5-3-10)14(19)18-8-13(16(20)21)22-15(9)18;7-5-6-1-3-8-4-2-6/h2-6,8H,7H2,1H3,(H,20,21);1-4H,5,7H2. The van der Waals surface area contributed by atoms with Gasteiger partial charge in [-0.2, -0.15) is 0 Å². The molecule has 0 radical (unpaired) electrons. The van der Waals surface area contributed by atoms with Gasteiger partial charge in [0.25, 0.3) is 5.56 Å². The van der Waals surface area contributed by atoms with Crippen LogP contribution in [0.25, 0.3) is 4.83 Å². The normalized spacial score (nSPS) is 10.5. The summed E-state index contributed by atoms with van der Waals surface area (Å²) in [6.07, 6.45) is 5.21. The molecule has 0 spiro atoms. The van der Waals surface area contributed by atoms with Gasteiger partial charge in [-0.1, -0.05) is 12.1 Å². The van der Waals surface area contributed by atoms with Gasteiger partial charge in [0.05, 0.1) is 0 Å². The van der Waals surface area contributed by atoms with Crippen LogP contribution in [0.2, 0.25) is 0 Å². The molecule has 30 heavy (non-hydrogen) atoms. The molecule has 4 aromatic rings. The Morgan fingerprint density at radius 2 is 1.83 bits per heavy atom. The second kappa shape index (κ2) is 9.43. The number of hydrogen-bond donors (Lipinski definition) is 2. The van der Waals surface area contributed by atoms with E-state index in [0.29, 0.717) is 23.4 Å². The van der Waals surface area contributed by atoms with Crippen molar-refractivity contribution in [3.8, 4) is 0 Å². The zero-order chi connectivity index (χ0) is 21.7. The minimum atomic E-state index is -1.05. The Bertz CT molecular complexity index is 1220. The fraction of sp³-hybridized carbons (Fsp3) is 0.136. The molecule has 0 saturated heterocycles. The molecule has 0 aliphatic heterocycles. The van der Waals surface area contributed by atoms with Gasteiger partial charge in [0.15, 0.2) is 0 Å². The lowest BCUT2D eigenvalue weighted by molar-refractivity contribution is 0.0701. The number of aromatic carboxylic acids is 1. The van der Waals surface area contributed by atoms with Crippen molar-refractivity contribution in [2.24, 2.45) is 5.73 Å². The van der Waals surface area contributed by atoms with Gasteiger partial charge in [0.2, 0.25) is 0 Å². The third kappa shape index (κ3) is 4.97. The molecule has 1 aromatic carbocycles. The van der Waals surface area contributed by atoms with Gasteiger partial charge in [-0.25, -0.2) is 9.18 Å². The Kier molecular flexibility index (Phi) is 6.71.